The van der Waals surface area contributed by atoms with Gasteiger partial charge in [-0.25, -0.2) is 4.39 Å². The summed E-state index contributed by atoms with van der Waals surface area (Å²) in [6.45, 7) is 3.52. The lowest BCUT2D eigenvalue weighted by Gasteiger charge is -2.22. The summed E-state index contributed by atoms with van der Waals surface area (Å²) >= 11 is 0. The number of benzene rings is 1. The molecule has 2 rings (SSSR count). The lowest BCUT2D eigenvalue weighted by Crippen LogP contribution is -2.36. The van der Waals surface area contributed by atoms with Crippen LogP contribution in [-0.2, 0) is 4.74 Å². The van der Waals surface area contributed by atoms with Crippen LogP contribution in [-0.4, -0.2) is 47.4 Å². The van der Waals surface area contributed by atoms with E-state index in [4.69, 9.17) is 4.74 Å². The Labute approximate surface area is 145 Å². The van der Waals surface area contributed by atoms with E-state index in [1.165, 1.54) is 36.4 Å². The van der Waals surface area contributed by atoms with Crippen molar-refractivity contribution in [3.05, 3.63) is 58.3 Å². The van der Waals surface area contributed by atoms with Crippen LogP contribution in [0.3, 0.4) is 0 Å². The second-order valence-electron chi connectivity index (χ2n) is 5.58. The molecular formula is C18H22FN3O3. The van der Waals surface area contributed by atoms with E-state index in [1.54, 1.807) is 12.0 Å². The molecule has 1 amide bonds. The van der Waals surface area contributed by atoms with Gasteiger partial charge in [0.2, 0.25) is 0 Å². The van der Waals surface area contributed by atoms with E-state index in [1.807, 2.05) is 6.92 Å². The lowest BCUT2D eigenvalue weighted by molar-refractivity contribution is 0.0685. The lowest BCUT2D eigenvalue weighted by atomic mass is 10.2. The van der Waals surface area contributed by atoms with E-state index in [-0.39, 0.29) is 17.2 Å². The van der Waals surface area contributed by atoms with Gasteiger partial charge >= 0.3 is 0 Å². The van der Waals surface area contributed by atoms with Crippen LogP contribution in [0, 0.1) is 5.82 Å². The largest absolute Gasteiger partial charge is 0.383 e. The molecule has 1 aromatic heterocycles. The van der Waals surface area contributed by atoms with Gasteiger partial charge < -0.3 is 9.64 Å². The number of halogens is 1. The molecule has 0 spiro atoms. The highest BCUT2D eigenvalue weighted by Crippen LogP contribution is 2.08. The Morgan fingerprint density at radius 3 is 2.56 bits per heavy atom. The van der Waals surface area contributed by atoms with Crippen molar-refractivity contribution in [2.24, 2.45) is 0 Å². The average molecular weight is 347 g/mol. The molecule has 0 saturated carbocycles. The molecular weight excluding hydrogens is 325 g/mol. The van der Waals surface area contributed by atoms with Crippen molar-refractivity contribution in [3.8, 4) is 5.69 Å². The molecule has 0 saturated heterocycles. The molecule has 7 heteroatoms. The van der Waals surface area contributed by atoms with Crippen LogP contribution >= 0.6 is 0 Å². The van der Waals surface area contributed by atoms with Crippen molar-refractivity contribution in [1.29, 1.82) is 0 Å². The Bertz CT molecular complexity index is 751. The van der Waals surface area contributed by atoms with Crippen LogP contribution in [0.2, 0.25) is 0 Å². The Morgan fingerprint density at radius 1 is 1.20 bits per heavy atom. The van der Waals surface area contributed by atoms with Gasteiger partial charge in [-0.1, -0.05) is 13.3 Å². The first-order chi connectivity index (χ1) is 12.1. The fraction of sp³-hybridized carbons (Fsp3) is 0.389. The molecule has 0 fully saturated rings. The predicted octanol–water partition coefficient (Wildman–Crippen LogP) is 2.26. The number of carbonyl (C=O) groups excluding carboxylic acids is 1. The molecule has 0 aliphatic heterocycles. The summed E-state index contributed by atoms with van der Waals surface area (Å²) in [4.78, 5) is 26.5. The Hall–Kier alpha value is -2.54. The molecule has 0 bridgehead atoms. The summed E-state index contributed by atoms with van der Waals surface area (Å²) in [5.74, 6) is -0.671. The Balaban J connectivity index is 2.31. The molecule has 134 valence electrons. The summed E-state index contributed by atoms with van der Waals surface area (Å²) in [7, 11) is 1.58. The molecule has 0 aliphatic carbocycles. The fourth-order valence-electron chi connectivity index (χ4n) is 2.32. The fourth-order valence-corrected chi connectivity index (χ4v) is 2.32. The quantitative estimate of drug-likeness (QED) is 0.735. The van der Waals surface area contributed by atoms with Crippen LogP contribution in [0.5, 0.6) is 0 Å². The van der Waals surface area contributed by atoms with E-state index >= 15 is 0 Å². The van der Waals surface area contributed by atoms with Gasteiger partial charge in [-0.2, -0.15) is 9.78 Å². The van der Waals surface area contributed by atoms with Gasteiger partial charge in [-0.05, 0) is 36.8 Å². The van der Waals surface area contributed by atoms with E-state index in [0.717, 1.165) is 17.5 Å². The first-order valence-corrected chi connectivity index (χ1v) is 8.21. The first-order valence-electron chi connectivity index (χ1n) is 8.21. The smallest absolute Gasteiger partial charge is 0.274 e. The number of hydrogen-bond donors (Lipinski definition) is 0. The molecule has 2 aromatic rings. The zero-order valence-electron chi connectivity index (χ0n) is 14.4. The van der Waals surface area contributed by atoms with Gasteiger partial charge in [-0.15, -0.1) is 0 Å². The van der Waals surface area contributed by atoms with E-state index < -0.39 is 5.82 Å². The normalized spacial score (nSPS) is 10.7. The van der Waals surface area contributed by atoms with Crippen LogP contribution in [0.25, 0.3) is 5.69 Å². The SMILES string of the molecule is CCCCN(CCOC)C(=O)c1ccc(=O)n(-c2ccc(F)cc2)n1. The minimum atomic E-state index is -0.408. The minimum Gasteiger partial charge on any atom is -0.383 e. The summed E-state index contributed by atoms with van der Waals surface area (Å²) in [6.07, 6.45) is 1.83. The Morgan fingerprint density at radius 2 is 1.92 bits per heavy atom. The van der Waals surface area contributed by atoms with Crippen molar-refractivity contribution >= 4 is 5.91 Å². The predicted molar refractivity (Wildman–Crippen MR) is 92.5 cm³/mol. The van der Waals surface area contributed by atoms with Crippen LogP contribution in [0.1, 0.15) is 30.3 Å². The third-order valence-corrected chi connectivity index (χ3v) is 3.72. The van der Waals surface area contributed by atoms with Gasteiger partial charge in [0.05, 0.1) is 12.3 Å². The number of methoxy groups -OCH3 is 1. The van der Waals surface area contributed by atoms with Crippen LogP contribution in [0.4, 0.5) is 4.39 Å². The number of hydrogen-bond acceptors (Lipinski definition) is 4. The average Bonchev–Trinajstić information content (AvgIpc) is 2.62. The van der Waals surface area contributed by atoms with Gasteiger partial charge in [0.15, 0.2) is 0 Å². The number of unbranched alkanes of at least 4 members (excludes halogenated alkanes) is 1. The highest BCUT2D eigenvalue weighted by atomic mass is 19.1. The minimum absolute atomic E-state index is 0.163. The maximum absolute atomic E-state index is 13.1. The molecule has 1 aromatic carbocycles. The zero-order chi connectivity index (χ0) is 18.2. The van der Waals surface area contributed by atoms with Crippen molar-refractivity contribution < 1.29 is 13.9 Å². The summed E-state index contributed by atoms with van der Waals surface area (Å²) in [5.41, 5.74) is 0.175. The first kappa shape index (κ1) is 18.8. The monoisotopic (exact) mass is 347 g/mol. The molecule has 25 heavy (non-hydrogen) atoms. The van der Waals surface area contributed by atoms with E-state index in [9.17, 15) is 14.0 Å². The molecule has 0 atom stereocenters. The summed E-state index contributed by atoms with van der Waals surface area (Å²) in [6, 6.07) is 8.07. The molecule has 6 nitrogen and oxygen atoms in total. The van der Waals surface area contributed by atoms with Gasteiger partial charge in [0.1, 0.15) is 11.5 Å². The van der Waals surface area contributed by atoms with Crippen molar-refractivity contribution in [3.63, 3.8) is 0 Å². The van der Waals surface area contributed by atoms with Gasteiger partial charge in [0, 0.05) is 26.3 Å². The molecule has 0 radical (unpaired) electrons. The number of aromatic nitrogens is 2. The maximum Gasteiger partial charge on any atom is 0.274 e. The summed E-state index contributed by atoms with van der Waals surface area (Å²) in [5, 5.41) is 4.16. The van der Waals surface area contributed by atoms with Crippen LogP contribution in [0.15, 0.2) is 41.2 Å². The second kappa shape index (κ2) is 9.08. The number of rotatable bonds is 8. The van der Waals surface area contributed by atoms with Crippen molar-refractivity contribution in [2.45, 2.75) is 19.8 Å². The topological polar surface area (TPSA) is 64.4 Å². The maximum atomic E-state index is 13.1. The molecule has 1 heterocycles. The third kappa shape index (κ3) is 4.96. The van der Waals surface area contributed by atoms with E-state index in [2.05, 4.69) is 5.10 Å². The van der Waals surface area contributed by atoms with Crippen molar-refractivity contribution in [1.82, 2.24) is 14.7 Å². The van der Waals surface area contributed by atoms with E-state index in [0.29, 0.717) is 25.4 Å². The summed E-state index contributed by atoms with van der Waals surface area (Å²) < 4.78 is 19.2. The second-order valence-corrected chi connectivity index (χ2v) is 5.58. The zero-order valence-corrected chi connectivity index (χ0v) is 14.4. The Kier molecular flexibility index (Phi) is 6.82. The number of nitrogens with zero attached hydrogens (tertiary/aromatic N) is 3. The van der Waals surface area contributed by atoms with Gasteiger partial charge in [-0.3, -0.25) is 9.59 Å². The standard InChI is InChI=1S/C18H22FN3O3/c1-3-4-11-21(12-13-25-2)18(24)16-9-10-17(23)22(20-16)15-7-5-14(19)6-8-15/h5-10H,3-4,11-13H2,1-2H3. The number of carbonyl (C=O) groups is 1. The molecule has 0 N–H and O–H groups in total. The van der Waals surface area contributed by atoms with Crippen LogP contribution < -0.4 is 5.56 Å². The van der Waals surface area contributed by atoms with Gasteiger partial charge in [0.25, 0.3) is 11.5 Å². The number of amides is 1. The highest BCUT2D eigenvalue weighted by molar-refractivity contribution is 5.92. The van der Waals surface area contributed by atoms with Crippen molar-refractivity contribution in [2.75, 3.05) is 26.8 Å². The molecule has 0 unspecified atom stereocenters. The molecule has 0 aliphatic rings. The number of ether oxygens (including phenoxy) is 1. The third-order valence-electron chi connectivity index (χ3n) is 3.72. The highest BCUT2D eigenvalue weighted by Gasteiger charge is 2.18.